The van der Waals surface area contributed by atoms with Crippen molar-refractivity contribution < 1.29 is 18.5 Å². The SMILES string of the molecule is O=C(c1n[nH]c([N+](=O)[O-])c1Cl)N1CCN(Cc2cccc(F)c2F)CC1. The molecule has 0 atom stereocenters. The number of nitrogens with zero attached hydrogens (tertiary/aromatic N) is 4. The summed E-state index contributed by atoms with van der Waals surface area (Å²) < 4.78 is 27.0. The minimum atomic E-state index is -0.897. The number of aromatic amines is 1. The highest BCUT2D eigenvalue weighted by atomic mass is 35.5. The van der Waals surface area contributed by atoms with Crippen molar-refractivity contribution in [2.45, 2.75) is 6.54 Å². The number of rotatable bonds is 4. The number of hydrogen-bond donors (Lipinski definition) is 1. The van der Waals surface area contributed by atoms with E-state index in [1.54, 1.807) is 0 Å². The largest absolute Gasteiger partial charge is 0.362 e. The molecule has 8 nitrogen and oxygen atoms in total. The summed E-state index contributed by atoms with van der Waals surface area (Å²) >= 11 is 5.83. The van der Waals surface area contributed by atoms with E-state index in [-0.39, 0.29) is 22.8 Å². The van der Waals surface area contributed by atoms with E-state index in [0.717, 1.165) is 6.07 Å². The van der Waals surface area contributed by atoms with Crippen molar-refractivity contribution in [1.82, 2.24) is 20.0 Å². The number of halogens is 3. The van der Waals surface area contributed by atoms with Gasteiger partial charge in [-0.1, -0.05) is 28.8 Å². The van der Waals surface area contributed by atoms with Crippen molar-refractivity contribution in [3.05, 3.63) is 56.2 Å². The number of amides is 1. The van der Waals surface area contributed by atoms with Gasteiger partial charge < -0.3 is 15.0 Å². The number of H-pyrrole nitrogens is 1. The molecule has 0 radical (unpaired) electrons. The van der Waals surface area contributed by atoms with Crippen LogP contribution in [0.15, 0.2) is 18.2 Å². The Hall–Kier alpha value is -2.59. The van der Waals surface area contributed by atoms with E-state index >= 15 is 0 Å². The van der Waals surface area contributed by atoms with Gasteiger partial charge in [-0.2, -0.15) is 0 Å². The molecule has 1 amide bonds. The van der Waals surface area contributed by atoms with Gasteiger partial charge in [-0.05, 0) is 11.0 Å². The number of carbonyl (C=O) groups is 1. The molecule has 3 rings (SSSR count). The summed E-state index contributed by atoms with van der Waals surface area (Å²) in [5.74, 6) is -2.82. The molecular weight excluding hydrogens is 372 g/mol. The fraction of sp³-hybridized carbons (Fsp3) is 0.333. The van der Waals surface area contributed by atoms with Crippen molar-refractivity contribution in [1.29, 1.82) is 0 Å². The maximum atomic E-state index is 13.7. The lowest BCUT2D eigenvalue weighted by Gasteiger charge is -2.34. The number of aromatic nitrogens is 2. The molecular formula is C15H14ClF2N5O3. The van der Waals surface area contributed by atoms with Gasteiger partial charge in [-0.3, -0.25) is 9.69 Å². The predicted octanol–water partition coefficient (Wildman–Crippen LogP) is 2.21. The van der Waals surface area contributed by atoms with E-state index in [1.807, 2.05) is 4.90 Å². The number of hydrogen-bond acceptors (Lipinski definition) is 5. The van der Waals surface area contributed by atoms with Gasteiger partial charge in [-0.25, -0.2) is 8.78 Å². The fourth-order valence-corrected chi connectivity index (χ4v) is 2.99. The average molecular weight is 386 g/mol. The first kappa shape index (κ1) is 18.2. The number of piperazine rings is 1. The van der Waals surface area contributed by atoms with Crippen LogP contribution < -0.4 is 0 Å². The molecule has 26 heavy (non-hydrogen) atoms. The summed E-state index contributed by atoms with van der Waals surface area (Å²) in [7, 11) is 0. The molecule has 138 valence electrons. The lowest BCUT2D eigenvalue weighted by atomic mass is 10.1. The molecule has 1 saturated heterocycles. The third kappa shape index (κ3) is 3.51. The zero-order chi connectivity index (χ0) is 18.8. The van der Waals surface area contributed by atoms with Crippen LogP contribution in [0.4, 0.5) is 14.6 Å². The Morgan fingerprint density at radius 3 is 2.62 bits per heavy atom. The van der Waals surface area contributed by atoms with Crippen LogP contribution in [0.2, 0.25) is 5.02 Å². The summed E-state index contributed by atoms with van der Waals surface area (Å²) in [6.45, 7) is 1.72. The molecule has 1 aromatic heterocycles. The lowest BCUT2D eigenvalue weighted by molar-refractivity contribution is -0.389. The molecule has 0 unspecified atom stereocenters. The monoisotopic (exact) mass is 385 g/mol. The summed E-state index contributed by atoms with van der Waals surface area (Å²) in [5.41, 5.74) is 0.0405. The molecule has 1 N–H and O–H groups in total. The molecule has 1 aliphatic rings. The van der Waals surface area contributed by atoms with Gasteiger partial charge in [0.2, 0.25) is 0 Å². The summed E-state index contributed by atoms with van der Waals surface area (Å²) in [6, 6.07) is 4.01. The zero-order valence-electron chi connectivity index (χ0n) is 13.4. The van der Waals surface area contributed by atoms with Crippen LogP contribution in [0, 0.1) is 21.7 Å². The molecule has 2 aromatic rings. The van der Waals surface area contributed by atoms with Gasteiger partial charge in [0.15, 0.2) is 22.4 Å². The third-order valence-corrected chi connectivity index (χ3v) is 4.52. The van der Waals surface area contributed by atoms with Crippen LogP contribution in [-0.2, 0) is 6.54 Å². The van der Waals surface area contributed by atoms with Gasteiger partial charge >= 0.3 is 5.82 Å². The smallest absolute Gasteiger partial charge is 0.358 e. The fourth-order valence-electron chi connectivity index (χ4n) is 2.75. The molecule has 0 spiro atoms. The molecule has 11 heteroatoms. The van der Waals surface area contributed by atoms with E-state index in [9.17, 15) is 23.7 Å². The van der Waals surface area contributed by atoms with Gasteiger partial charge in [0.25, 0.3) is 5.91 Å². The van der Waals surface area contributed by atoms with Crippen molar-refractivity contribution in [2.75, 3.05) is 26.2 Å². The predicted molar refractivity (Wildman–Crippen MR) is 87.8 cm³/mol. The Balaban J connectivity index is 1.62. The van der Waals surface area contributed by atoms with Crippen LogP contribution >= 0.6 is 11.6 Å². The standard InChI is InChI=1S/C15H14ClF2N5O3/c16-11-13(19-20-14(11)23(25)26)15(24)22-6-4-21(5-7-22)8-9-2-1-3-10(17)12(9)18/h1-3H,4-8H2,(H,19,20). The molecule has 1 fully saturated rings. The van der Waals surface area contributed by atoms with Gasteiger partial charge in [0.1, 0.15) is 0 Å². The third-order valence-electron chi connectivity index (χ3n) is 4.16. The maximum Gasteiger partial charge on any atom is 0.362 e. The quantitative estimate of drug-likeness (QED) is 0.643. The van der Waals surface area contributed by atoms with Crippen LogP contribution in [0.1, 0.15) is 16.1 Å². The second-order valence-electron chi connectivity index (χ2n) is 5.77. The highest BCUT2D eigenvalue weighted by Crippen LogP contribution is 2.26. The van der Waals surface area contributed by atoms with Crippen molar-refractivity contribution in [2.24, 2.45) is 0 Å². The molecule has 0 bridgehead atoms. The number of nitrogens with one attached hydrogen (secondary N) is 1. The number of nitro groups is 1. The van der Waals surface area contributed by atoms with E-state index in [4.69, 9.17) is 11.6 Å². The Morgan fingerprint density at radius 2 is 2.00 bits per heavy atom. The highest BCUT2D eigenvalue weighted by Gasteiger charge is 2.30. The summed E-state index contributed by atoms with van der Waals surface area (Å²) in [4.78, 5) is 25.8. The van der Waals surface area contributed by atoms with Crippen molar-refractivity contribution >= 4 is 23.3 Å². The first-order valence-corrected chi connectivity index (χ1v) is 8.09. The summed E-state index contributed by atoms with van der Waals surface area (Å²) in [5, 5.41) is 16.2. The molecule has 0 aliphatic carbocycles. The Kier molecular flexibility index (Phi) is 5.14. The number of carbonyl (C=O) groups excluding carboxylic acids is 1. The number of benzene rings is 1. The normalized spacial score (nSPS) is 15.3. The second-order valence-corrected chi connectivity index (χ2v) is 6.15. The van der Waals surface area contributed by atoms with Gasteiger partial charge in [0, 0.05) is 38.3 Å². The first-order chi connectivity index (χ1) is 12.4. The second kappa shape index (κ2) is 7.34. The molecule has 1 aliphatic heterocycles. The van der Waals surface area contributed by atoms with E-state index in [0.29, 0.717) is 26.2 Å². The van der Waals surface area contributed by atoms with Crippen LogP contribution in [0.3, 0.4) is 0 Å². The minimum absolute atomic E-state index is 0.206. The Bertz CT molecular complexity index is 852. The van der Waals surface area contributed by atoms with Gasteiger partial charge in [0.05, 0.1) is 0 Å². The van der Waals surface area contributed by atoms with Crippen LogP contribution in [0.25, 0.3) is 0 Å². The Morgan fingerprint density at radius 1 is 1.31 bits per heavy atom. The van der Waals surface area contributed by atoms with Gasteiger partial charge in [-0.15, -0.1) is 5.10 Å². The topological polar surface area (TPSA) is 95.4 Å². The van der Waals surface area contributed by atoms with Crippen molar-refractivity contribution in [3.8, 4) is 0 Å². The Labute approximate surface area is 151 Å². The lowest BCUT2D eigenvalue weighted by Crippen LogP contribution is -2.48. The minimum Gasteiger partial charge on any atom is -0.358 e. The van der Waals surface area contributed by atoms with E-state index < -0.39 is 28.3 Å². The highest BCUT2D eigenvalue weighted by molar-refractivity contribution is 6.35. The maximum absolute atomic E-state index is 13.7. The van der Waals surface area contributed by atoms with Crippen LogP contribution in [0.5, 0.6) is 0 Å². The van der Waals surface area contributed by atoms with Crippen molar-refractivity contribution in [3.63, 3.8) is 0 Å². The van der Waals surface area contributed by atoms with E-state index in [1.165, 1.54) is 17.0 Å². The molecule has 0 saturated carbocycles. The summed E-state index contributed by atoms with van der Waals surface area (Å²) in [6.07, 6.45) is 0. The van der Waals surface area contributed by atoms with E-state index in [2.05, 4.69) is 10.2 Å². The molecule has 1 aromatic carbocycles. The average Bonchev–Trinajstić information content (AvgIpc) is 3.01. The zero-order valence-corrected chi connectivity index (χ0v) is 14.2. The molecule has 2 heterocycles. The first-order valence-electron chi connectivity index (χ1n) is 7.71. The van der Waals surface area contributed by atoms with Crippen LogP contribution in [-0.4, -0.2) is 57.0 Å².